The van der Waals surface area contributed by atoms with Crippen LogP contribution < -0.4 is 10.5 Å². The Morgan fingerprint density at radius 3 is 2.81 bits per heavy atom. The summed E-state index contributed by atoms with van der Waals surface area (Å²) in [6, 6.07) is 11.4. The molecule has 0 aliphatic carbocycles. The van der Waals surface area contributed by atoms with Crippen molar-refractivity contribution in [2.45, 2.75) is 13.0 Å². The van der Waals surface area contributed by atoms with Crippen molar-refractivity contribution in [3.8, 4) is 11.8 Å². The Hall–Kier alpha value is -2.80. The van der Waals surface area contributed by atoms with E-state index < -0.39 is 5.82 Å². The number of anilines is 1. The summed E-state index contributed by atoms with van der Waals surface area (Å²) >= 11 is 0. The number of benzene rings is 2. The number of hydrogen-bond acceptors (Lipinski definition) is 3. The van der Waals surface area contributed by atoms with Crippen molar-refractivity contribution in [3.05, 3.63) is 71.6 Å². The van der Waals surface area contributed by atoms with Gasteiger partial charge in [-0.1, -0.05) is 6.08 Å². The number of rotatable bonds is 5. The van der Waals surface area contributed by atoms with Gasteiger partial charge < -0.3 is 10.5 Å². The normalized spacial score (nSPS) is 9.90. The van der Waals surface area contributed by atoms with Gasteiger partial charge in [0.25, 0.3) is 0 Å². The summed E-state index contributed by atoms with van der Waals surface area (Å²) in [6.45, 7) is 3.88. The summed E-state index contributed by atoms with van der Waals surface area (Å²) in [7, 11) is 0. The zero-order valence-electron chi connectivity index (χ0n) is 11.5. The molecule has 0 atom stereocenters. The third kappa shape index (κ3) is 3.83. The van der Waals surface area contributed by atoms with E-state index in [9.17, 15) is 4.39 Å². The van der Waals surface area contributed by atoms with Gasteiger partial charge in [0.05, 0.1) is 11.6 Å². The Kier molecular flexibility index (Phi) is 4.57. The van der Waals surface area contributed by atoms with Gasteiger partial charge in [0.1, 0.15) is 18.2 Å². The highest BCUT2D eigenvalue weighted by molar-refractivity contribution is 5.48. The van der Waals surface area contributed by atoms with Gasteiger partial charge in [-0.2, -0.15) is 5.26 Å². The zero-order chi connectivity index (χ0) is 15.2. The van der Waals surface area contributed by atoms with Crippen molar-refractivity contribution >= 4 is 5.69 Å². The molecule has 3 nitrogen and oxygen atoms in total. The Morgan fingerprint density at radius 2 is 2.10 bits per heavy atom. The first-order valence-corrected chi connectivity index (χ1v) is 6.44. The fraction of sp³-hybridized carbons (Fsp3) is 0.118. The maximum absolute atomic E-state index is 13.4. The molecule has 0 heterocycles. The van der Waals surface area contributed by atoms with E-state index in [0.717, 1.165) is 5.56 Å². The number of allylic oxidation sites excluding steroid dienone is 1. The number of hydrogen-bond donors (Lipinski definition) is 1. The van der Waals surface area contributed by atoms with E-state index in [1.165, 1.54) is 12.1 Å². The topological polar surface area (TPSA) is 59.0 Å². The number of nitrogen functional groups attached to an aromatic ring is 1. The summed E-state index contributed by atoms with van der Waals surface area (Å²) in [4.78, 5) is 0. The number of halogens is 1. The molecule has 0 saturated carbocycles. The molecule has 2 rings (SSSR count). The number of nitrogens with two attached hydrogens (primary N) is 1. The van der Waals surface area contributed by atoms with Gasteiger partial charge in [0.15, 0.2) is 0 Å². The molecule has 0 bridgehead atoms. The molecule has 2 N–H and O–H groups in total. The number of ether oxygens (including phenoxy) is 1. The van der Waals surface area contributed by atoms with Gasteiger partial charge in [-0.3, -0.25) is 0 Å². The van der Waals surface area contributed by atoms with E-state index in [2.05, 4.69) is 6.58 Å². The molecule has 0 unspecified atom stereocenters. The molecule has 0 aliphatic rings. The average Bonchev–Trinajstić information content (AvgIpc) is 2.46. The van der Waals surface area contributed by atoms with Gasteiger partial charge in [-0.05, 0) is 53.9 Å². The van der Waals surface area contributed by atoms with Crippen LogP contribution in [0.25, 0.3) is 0 Å². The lowest BCUT2D eigenvalue weighted by Crippen LogP contribution is -2.00. The molecule has 0 amide bonds. The fourth-order valence-corrected chi connectivity index (χ4v) is 2.01. The standard InChI is InChI=1S/C17H15FN2O/c1-2-3-14-9-16(20)4-5-17(14)21-11-13-6-12(10-19)7-15(18)8-13/h2,4-9H,1,3,11,20H2. The van der Waals surface area contributed by atoms with Crippen molar-refractivity contribution in [1.29, 1.82) is 5.26 Å². The van der Waals surface area contributed by atoms with Crippen LogP contribution in [0, 0.1) is 17.1 Å². The third-order valence-corrected chi connectivity index (χ3v) is 2.93. The minimum atomic E-state index is -0.448. The Balaban J connectivity index is 2.18. The molecule has 21 heavy (non-hydrogen) atoms. The maximum Gasteiger partial charge on any atom is 0.124 e. The molecule has 0 spiro atoms. The van der Waals surface area contributed by atoms with Crippen LogP contribution in [0.4, 0.5) is 10.1 Å². The van der Waals surface area contributed by atoms with Crippen molar-refractivity contribution in [2.75, 3.05) is 5.73 Å². The molecule has 2 aromatic rings. The Labute approximate surface area is 123 Å². The van der Waals surface area contributed by atoms with Crippen LogP contribution in [0.15, 0.2) is 49.1 Å². The first-order chi connectivity index (χ1) is 10.1. The molecule has 106 valence electrons. The largest absolute Gasteiger partial charge is 0.489 e. The minimum absolute atomic E-state index is 0.181. The lowest BCUT2D eigenvalue weighted by atomic mass is 10.1. The van der Waals surface area contributed by atoms with E-state index in [-0.39, 0.29) is 12.2 Å². The number of nitrogens with zero attached hydrogens (tertiary/aromatic N) is 1. The maximum atomic E-state index is 13.4. The summed E-state index contributed by atoms with van der Waals surface area (Å²) in [5.41, 5.74) is 8.20. The third-order valence-electron chi connectivity index (χ3n) is 2.93. The zero-order valence-corrected chi connectivity index (χ0v) is 11.5. The van der Waals surface area contributed by atoms with E-state index in [0.29, 0.717) is 23.4 Å². The van der Waals surface area contributed by atoms with E-state index in [4.69, 9.17) is 15.7 Å². The highest BCUT2D eigenvalue weighted by atomic mass is 19.1. The van der Waals surface area contributed by atoms with Crippen molar-refractivity contribution in [3.63, 3.8) is 0 Å². The molecule has 0 aromatic heterocycles. The summed E-state index contributed by atoms with van der Waals surface area (Å²) in [6.07, 6.45) is 2.39. The van der Waals surface area contributed by atoms with Gasteiger partial charge >= 0.3 is 0 Å². The molecule has 4 heteroatoms. The van der Waals surface area contributed by atoms with Crippen LogP contribution in [0.2, 0.25) is 0 Å². The summed E-state index contributed by atoms with van der Waals surface area (Å²) < 4.78 is 19.1. The van der Waals surface area contributed by atoms with Gasteiger partial charge in [0.2, 0.25) is 0 Å². The quantitative estimate of drug-likeness (QED) is 0.673. The monoisotopic (exact) mass is 282 g/mol. The Bertz CT molecular complexity index is 704. The second kappa shape index (κ2) is 6.58. The molecular weight excluding hydrogens is 267 g/mol. The smallest absolute Gasteiger partial charge is 0.124 e. The average molecular weight is 282 g/mol. The fourth-order valence-electron chi connectivity index (χ4n) is 2.01. The van der Waals surface area contributed by atoms with Gasteiger partial charge in [-0.15, -0.1) is 6.58 Å². The molecule has 0 fully saturated rings. The highest BCUT2D eigenvalue weighted by Gasteiger charge is 2.05. The predicted octanol–water partition coefficient (Wildman–Crippen LogP) is 3.59. The first-order valence-electron chi connectivity index (χ1n) is 6.44. The van der Waals surface area contributed by atoms with Gasteiger partial charge in [-0.25, -0.2) is 4.39 Å². The molecule has 0 aliphatic heterocycles. The van der Waals surface area contributed by atoms with Crippen LogP contribution in [-0.4, -0.2) is 0 Å². The Morgan fingerprint density at radius 1 is 1.29 bits per heavy atom. The molecule has 2 aromatic carbocycles. The molecular formula is C17H15FN2O. The second-order valence-electron chi connectivity index (χ2n) is 4.61. The highest BCUT2D eigenvalue weighted by Crippen LogP contribution is 2.23. The van der Waals surface area contributed by atoms with Crippen LogP contribution in [0.1, 0.15) is 16.7 Å². The molecule has 0 radical (unpaired) electrons. The summed E-state index contributed by atoms with van der Waals surface area (Å²) in [5.74, 6) is 0.225. The second-order valence-corrected chi connectivity index (χ2v) is 4.61. The first kappa shape index (κ1) is 14.6. The number of nitriles is 1. The lowest BCUT2D eigenvalue weighted by molar-refractivity contribution is 0.303. The van der Waals surface area contributed by atoms with Crippen LogP contribution in [-0.2, 0) is 13.0 Å². The minimum Gasteiger partial charge on any atom is -0.489 e. The van der Waals surface area contributed by atoms with Crippen LogP contribution >= 0.6 is 0 Å². The lowest BCUT2D eigenvalue weighted by Gasteiger charge is -2.11. The van der Waals surface area contributed by atoms with Crippen molar-refractivity contribution in [2.24, 2.45) is 0 Å². The predicted molar refractivity (Wildman–Crippen MR) is 80.2 cm³/mol. The molecule has 0 saturated heterocycles. The summed E-state index contributed by atoms with van der Waals surface area (Å²) in [5, 5.41) is 8.83. The van der Waals surface area contributed by atoms with Crippen LogP contribution in [0.5, 0.6) is 5.75 Å². The van der Waals surface area contributed by atoms with Gasteiger partial charge in [0, 0.05) is 5.69 Å². The van der Waals surface area contributed by atoms with Crippen molar-refractivity contribution in [1.82, 2.24) is 0 Å². The van der Waals surface area contributed by atoms with E-state index >= 15 is 0 Å². The van der Waals surface area contributed by atoms with Crippen molar-refractivity contribution < 1.29 is 9.13 Å². The van der Waals surface area contributed by atoms with Crippen LogP contribution in [0.3, 0.4) is 0 Å². The van der Waals surface area contributed by atoms with E-state index in [1.807, 2.05) is 12.1 Å². The SMILES string of the molecule is C=CCc1cc(N)ccc1OCc1cc(F)cc(C#N)c1. The van der Waals surface area contributed by atoms with E-state index in [1.54, 1.807) is 24.3 Å².